The molecule has 0 fully saturated rings. The Morgan fingerprint density at radius 2 is 1.83 bits per heavy atom. The molecular formula is C21H23N3O4S. The van der Waals surface area contributed by atoms with Gasteiger partial charge < -0.3 is 19.5 Å². The Morgan fingerprint density at radius 3 is 2.55 bits per heavy atom. The third kappa shape index (κ3) is 4.83. The molecule has 0 aliphatic carbocycles. The molecule has 152 valence electrons. The van der Waals surface area contributed by atoms with Crippen molar-refractivity contribution in [3.63, 3.8) is 0 Å². The monoisotopic (exact) mass is 413 g/mol. The lowest BCUT2D eigenvalue weighted by Crippen LogP contribution is -2.23. The second-order valence-corrected chi connectivity index (χ2v) is 7.40. The topological polar surface area (TPSA) is 74.6 Å². The van der Waals surface area contributed by atoms with E-state index in [4.69, 9.17) is 14.2 Å². The quantitative estimate of drug-likeness (QED) is 0.562. The number of benzene rings is 2. The van der Waals surface area contributed by atoms with Gasteiger partial charge in [-0.15, -0.1) is 0 Å². The van der Waals surface area contributed by atoms with E-state index < -0.39 is 5.25 Å². The minimum atomic E-state index is -0.391. The number of hydrogen-bond donors (Lipinski definition) is 1. The fraction of sp³-hybridized carbons (Fsp3) is 0.238. The molecule has 2 aromatic carbocycles. The van der Waals surface area contributed by atoms with Crippen molar-refractivity contribution < 1.29 is 19.0 Å². The number of aromatic nitrogens is 2. The molecule has 1 unspecified atom stereocenters. The Bertz CT molecular complexity index is 990. The summed E-state index contributed by atoms with van der Waals surface area (Å²) in [6.07, 6.45) is 3.56. The fourth-order valence-electron chi connectivity index (χ4n) is 2.69. The summed E-state index contributed by atoms with van der Waals surface area (Å²) in [5, 5.41) is 3.22. The lowest BCUT2D eigenvalue weighted by Gasteiger charge is -2.15. The third-order valence-corrected chi connectivity index (χ3v) is 5.33. The van der Waals surface area contributed by atoms with Crippen LogP contribution in [0.3, 0.4) is 0 Å². The van der Waals surface area contributed by atoms with Crippen molar-refractivity contribution in [2.75, 3.05) is 26.6 Å². The van der Waals surface area contributed by atoms with E-state index in [0.717, 1.165) is 11.4 Å². The first-order valence-corrected chi connectivity index (χ1v) is 9.81. The Kier molecular flexibility index (Phi) is 6.66. The second-order valence-electron chi connectivity index (χ2n) is 6.10. The SMILES string of the molecule is COc1cccc(-n2ccnc2SC(C)C(=O)Nc2cc(OC)ccc2OC)c1. The van der Waals surface area contributed by atoms with Crippen molar-refractivity contribution in [3.05, 3.63) is 54.9 Å². The molecule has 7 nitrogen and oxygen atoms in total. The van der Waals surface area contributed by atoms with E-state index in [-0.39, 0.29) is 5.91 Å². The maximum absolute atomic E-state index is 12.8. The number of amides is 1. The van der Waals surface area contributed by atoms with Crippen molar-refractivity contribution in [2.45, 2.75) is 17.3 Å². The van der Waals surface area contributed by atoms with E-state index in [1.165, 1.54) is 11.8 Å². The van der Waals surface area contributed by atoms with Crippen LogP contribution in [-0.4, -0.2) is 42.0 Å². The molecule has 29 heavy (non-hydrogen) atoms. The van der Waals surface area contributed by atoms with Crippen LogP contribution in [0.1, 0.15) is 6.92 Å². The molecule has 1 aromatic heterocycles. The Balaban J connectivity index is 1.75. The number of nitrogens with zero attached hydrogens (tertiary/aromatic N) is 2. The van der Waals surface area contributed by atoms with Crippen LogP contribution in [0.25, 0.3) is 5.69 Å². The molecule has 0 bridgehead atoms. The lowest BCUT2D eigenvalue weighted by atomic mass is 10.2. The van der Waals surface area contributed by atoms with Gasteiger partial charge in [-0.1, -0.05) is 17.8 Å². The molecule has 0 saturated carbocycles. The van der Waals surface area contributed by atoms with Gasteiger partial charge in [0.25, 0.3) is 0 Å². The third-order valence-electron chi connectivity index (χ3n) is 4.25. The van der Waals surface area contributed by atoms with Crippen LogP contribution in [0.15, 0.2) is 60.0 Å². The fourth-order valence-corrected chi connectivity index (χ4v) is 3.58. The molecule has 3 rings (SSSR count). The highest BCUT2D eigenvalue weighted by molar-refractivity contribution is 8.00. The van der Waals surface area contributed by atoms with Gasteiger partial charge in [0, 0.05) is 24.5 Å². The van der Waals surface area contributed by atoms with Crippen LogP contribution in [-0.2, 0) is 4.79 Å². The predicted molar refractivity (Wildman–Crippen MR) is 114 cm³/mol. The zero-order valence-corrected chi connectivity index (χ0v) is 17.5. The van der Waals surface area contributed by atoms with Crippen LogP contribution in [0.2, 0.25) is 0 Å². The van der Waals surface area contributed by atoms with Crippen LogP contribution in [0, 0.1) is 0 Å². The van der Waals surface area contributed by atoms with Gasteiger partial charge in [0.1, 0.15) is 17.2 Å². The number of carbonyl (C=O) groups is 1. The highest BCUT2D eigenvalue weighted by Crippen LogP contribution is 2.31. The zero-order chi connectivity index (χ0) is 20.8. The molecule has 3 aromatic rings. The Labute approximate surface area is 174 Å². The maximum Gasteiger partial charge on any atom is 0.237 e. The zero-order valence-electron chi connectivity index (χ0n) is 16.7. The first-order chi connectivity index (χ1) is 14.0. The van der Waals surface area contributed by atoms with Crippen molar-refractivity contribution >= 4 is 23.4 Å². The normalized spacial score (nSPS) is 11.6. The predicted octanol–water partition coefficient (Wildman–Crippen LogP) is 4.02. The number of carbonyl (C=O) groups excluding carboxylic acids is 1. The van der Waals surface area contributed by atoms with Gasteiger partial charge in [0.15, 0.2) is 5.16 Å². The number of thioether (sulfide) groups is 1. The minimum Gasteiger partial charge on any atom is -0.497 e. The summed E-state index contributed by atoms with van der Waals surface area (Å²) in [7, 11) is 4.76. The summed E-state index contributed by atoms with van der Waals surface area (Å²) in [4.78, 5) is 17.2. The number of methoxy groups -OCH3 is 3. The van der Waals surface area contributed by atoms with Crippen molar-refractivity contribution in [3.8, 4) is 22.9 Å². The highest BCUT2D eigenvalue weighted by atomic mass is 32.2. The summed E-state index contributed by atoms with van der Waals surface area (Å²) in [5.41, 5.74) is 1.46. The van der Waals surface area contributed by atoms with Crippen LogP contribution in [0.5, 0.6) is 17.2 Å². The smallest absolute Gasteiger partial charge is 0.237 e. The number of ether oxygens (including phenoxy) is 3. The maximum atomic E-state index is 12.8. The molecule has 1 heterocycles. The lowest BCUT2D eigenvalue weighted by molar-refractivity contribution is -0.115. The van der Waals surface area contributed by atoms with Gasteiger partial charge in [-0.05, 0) is 31.2 Å². The van der Waals surface area contributed by atoms with E-state index in [1.807, 2.05) is 42.0 Å². The molecule has 0 spiro atoms. The highest BCUT2D eigenvalue weighted by Gasteiger charge is 2.19. The number of hydrogen-bond acceptors (Lipinski definition) is 6. The minimum absolute atomic E-state index is 0.165. The molecule has 0 radical (unpaired) electrons. The molecular weight excluding hydrogens is 390 g/mol. The summed E-state index contributed by atoms with van der Waals surface area (Å²) in [6.45, 7) is 1.83. The number of rotatable bonds is 8. The second kappa shape index (κ2) is 9.38. The van der Waals surface area contributed by atoms with E-state index in [2.05, 4.69) is 10.3 Å². The van der Waals surface area contributed by atoms with Crippen molar-refractivity contribution in [2.24, 2.45) is 0 Å². The number of imidazole rings is 1. The van der Waals surface area contributed by atoms with E-state index >= 15 is 0 Å². The van der Waals surface area contributed by atoms with E-state index in [9.17, 15) is 4.79 Å². The summed E-state index contributed by atoms with van der Waals surface area (Å²) in [5.74, 6) is 1.79. The standard InChI is InChI=1S/C21H23N3O4S/c1-14(20(25)23-18-13-17(27-3)8-9-19(18)28-4)29-21-22-10-11-24(21)15-6-5-7-16(12-15)26-2/h5-14H,1-4H3,(H,23,25). The molecule has 1 amide bonds. The molecule has 0 aliphatic rings. The van der Waals surface area contributed by atoms with Crippen LogP contribution >= 0.6 is 11.8 Å². The summed E-state index contributed by atoms with van der Waals surface area (Å²) in [6, 6.07) is 12.9. The summed E-state index contributed by atoms with van der Waals surface area (Å²) < 4.78 is 17.8. The molecule has 1 atom stereocenters. The first-order valence-electron chi connectivity index (χ1n) is 8.93. The number of nitrogens with one attached hydrogen (secondary N) is 1. The largest absolute Gasteiger partial charge is 0.497 e. The molecule has 0 saturated heterocycles. The van der Waals surface area contributed by atoms with Crippen LogP contribution < -0.4 is 19.5 Å². The van der Waals surface area contributed by atoms with E-state index in [0.29, 0.717) is 22.3 Å². The average molecular weight is 413 g/mol. The average Bonchev–Trinajstić information content (AvgIpc) is 3.21. The van der Waals surface area contributed by atoms with Gasteiger partial charge in [-0.2, -0.15) is 0 Å². The van der Waals surface area contributed by atoms with Crippen molar-refractivity contribution in [1.29, 1.82) is 0 Å². The Morgan fingerprint density at radius 1 is 1.07 bits per heavy atom. The van der Waals surface area contributed by atoms with Crippen molar-refractivity contribution in [1.82, 2.24) is 9.55 Å². The Hall–Kier alpha value is -3.13. The number of anilines is 1. The van der Waals surface area contributed by atoms with Gasteiger partial charge in [0.2, 0.25) is 5.91 Å². The van der Waals surface area contributed by atoms with Gasteiger partial charge >= 0.3 is 0 Å². The molecule has 8 heteroatoms. The van der Waals surface area contributed by atoms with E-state index in [1.54, 1.807) is 45.7 Å². The molecule has 0 aliphatic heterocycles. The van der Waals surface area contributed by atoms with Gasteiger partial charge in [0.05, 0.1) is 38.0 Å². The van der Waals surface area contributed by atoms with Crippen LogP contribution in [0.4, 0.5) is 5.69 Å². The van der Waals surface area contributed by atoms with Gasteiger partial charge in [-0.25, -0.2) is 4.98 Å². The van der Waals surface area contributed by atoms with Gasteiger partial charge in [-0.3, -0.25) is 9.36 Å². The first kappa shape index (κ1) is 20.6. The summed E-state index contributed by atoms with van der Waals surface area (Å²) >= 11 is 1.36. The molecule has 1 N–H and O–H groups in total.